The predicted molar refractivity (Wildman–Crippen MR) is 82.2 cm³/mol. The molecule has 0 aliphatic carbocycles. The van der Waals surface area contributed by atoms with Gasteiger partial charge in [0.25, 0.3) is 0 Å². The lowest BCUT2D eigenvalue weighted by molar-refractivity contribution is 0.495. The molecule has 1 aromatic heterocycles. The van der Waals surface area contributed by atoms with Gasteiger partial charge in [-0.3, -0.25) is 4.68 Å². The van der Waals surface area contributed by atoms with E-state index in [0.717, 1.165) is 22.4 Å². The van der Waals surface area contributed by atoms with Crippen molar-refractivity contribution in [1.82, 2.24) is 15.1 Å². The van der Waals surface area contributed by atoms with Crippen LogP contribution in [0.4, 0.5) is 4.39 Å². The molecule has 2 aromatic rings. The standard InChI is InChI=1S/C15H19BrFN3/c1-4-18-14(15-7-10(2)19-20(15)3)8-11-5-6-12(16)9-13(11)17/h5-7,9,14,18H,4,8H2,1-3H3. The number of hydrogen-bond acceptors (Lipinski definition) is 2. The molecule has 0 aliphatic rings. The van der Waals surface area contributed by atoms with Crippen LogP contribution in [-0.4, -0.2) is 16.3 Å². The number of aromatic nitrogens is 2. The summed E-state index contributed by atoms with van der Waals surface area (Å²) in [6.45, 7) is 4.84. The maximum atomic E-state index is 14.0. The molecule has 2 rings (SSSR count). The first-order valence-electron chi connectivity index (χ1n) is 6.69. The number of rotatable bonds is 5. The van der Waals surface area contributed by atoms with Crippen LogP contribution in [-0.2, 0) is 13.5 Å². The molecular weight excluding hydrogens is 321 g/mol. The summed E-state index contributed by atoms with van der Waals surface area (Å²) in [5.74, 6) is -0.179. The van der Waals surface area contributed by atoms with Crippen molar-refractivity contribution < 1.29 is 4.39 Å². The highest BCUT2D eigenvalue weighted by atomic mass is 79.9. The van der Waals surface area contributed by atoms with Gasteiger partial charge < -0.3 is 5.32 Å². The average Bonchev–Trinajstić information content (AvgIpc) is 2.71. The second kappa shape index (κ2) is 6.50. The first-order chi connectivity index (χ1) is 9.51. The van der Waals surface area contributed by atoms with Crippen molar-refractivity contribution in [2.45, 2.75) is 26.3 Å². The summed E-state index contributed by atoms with van der Waals surface area (Å²) in [5.41, 5.74) is 2.76. The first-order valence-corrected chi connectivity index (χ1v) is 7.48. The van der Waals surface area contributed by atoms with Gasteiger partial charge in [0.15, 0.2) is 0 Å². The molecule has 1 atom stereocenters. The van der Waals surface area contributed by atoms with E-state index in [1.165, 1.54) is 6.07 Å². The van der Waals surface area contributed by atoms with Crippen LogP contribution in [0, 0.1) is 12.7 Å². The molecule has 0 saturated heterocycles. The minimum absolute atomic E-state index is 0.0573. The molecule has 3 nitrogen and oxygen atoms in total. The Kier molecular flexibility index (Phi) is 4.94. The van der Waals surface area contributed by atoms with Crippen LogP contribution in [0.3, 0.4) is 0 Å². The Labute approximate surface area is 127 Å². The lowest BCUT2D eigenvalue weighted by atomic mass is 10.0. The van der Waals surface area contributed by atoms with E-state index in [9.17, 15) is 4.39 Å². The van der Waals surface area contributed by atoms with Gasteiger partial charge in [0.1, 0.15) is 5.82 Å². The Morgan fingerprint density at radius 1 is 1.40 bits per heavy atom. The van der Waals surface area contributed by atoms with Crippen LogP contribution in [0.25, 0.3) is 0 Å². The van der Waals surface area contributed by atoms with Gasteiger partial charge in [-0.05, 0) is 43.7 Å². The number of nitrogens with zero attached hydrogens (tertiary/aromatic N) is 2. The second-order valence-corrected chi connectivity index (χ2v) is 5.80. The summed E-state index contributed by atoms with van der Waals surface area (Å²) in [6, 6.07) is 7.31. The van der Waals surface area contributed by atoms with Gasteiger partial charge in [-0.25, -0.2) is 4.39 Å². The predicted octanol–water partition coefficient (Wildman–Crippen LogP) is 3.52. The van der Waals surface area contributed by atoms with Gasteiger partial charge in [0.05, 0.1) is 17.4 Å². The van der Waals surface area contributed by atoms with Crippen molar-refractivity contribution >= 4 is 15.9 Å². The molecule has 1 heterocycles. The quantitative estimate of drug-likeness (QED) is 0.903. The minimum atomic E-state index is -0.179. The van der Waals surface area contributed by atoms with Crippen LogP contribution in [0.15, 0.2) is 28.7 Å². The monoisotopic (exact) mass is 339 g/mol. The van der Waals surface area contributed by atoms with Gasteiger partial charge in [-0.15, -0.1) is 0 Å². The maximum absolute atomic E-state index is 14.0. The third kappa shape index (κ3) is 3.46. The van der Waals surface area contributed by atoms with Crippen molar-refractivity contribution in [2.75, 3.05) is 6.54 Å². The number of hydrogen-bond donors (Lipinski definition) is 1. The number of halogens is 2. The molecule has 0 bridgehead atoms. The van der Waals surface area contributed by atoms with Gasteiger partial charge >= 0.3 is 0 Å². The minimum Gasteiger partial charge on any atom is -0.309 e. The van der Waals surface area contributed by atoms with E-state index >= 15 is 0 Å². The first kappa shape index (κ1) is 15.2. The van der Waals surface area contributed by atoms with Crippen LogP contribution >= 0.6 is 15.9 Å². The zero-order valence-corrected chi connectivity index (χ0v) is 13.5. The topological polar surface area (TPSA) is 29.9 Å². The van der Waals surface area contributed by atoms with Crippen LogP contribution in [0.1, 0.15) is 29.9 Å². The van der Waals surface area contributed by atoms with Gasteiger partial charge in [0.2, 0.25) is 0 Å². The third-order valence-corrected chi connectivity index (χ3v) is 3.78. The Hall–Kier alpha value is -1.20. The van der Waals surface area contributed by atoms with E-state index in [4.69, 9.17) is 0 Å². The van der Waals surface area contributed by atoms with Gasteiger partial charge in [0, 0.05) is 11.5 Å². The van der Waals surface area contributed by atoms with Gasteiger partial charge in [-0.2, -0.15) is 5.10 Å². The number of likely N-dealkylation sites (N-methyl/N-ethyl adjacent to an activating group) is 1. The molecule has 0 radical (unpaired) electrons. The number of nitrogens with one attached hydrogen (secondary N) is 1. The largest absolute Gasteiger partial charge is 0.309 e. The summed E-state index contributed by atoms with van der Waals surface area (Å²) in [6.07, 6.45) is 0.603. The molecular formula is C15H19BrFN3. The normalized spacial score (nSPS) is 12.7. The number of aryl methyl sites for hydroxylation is 2. The van der Waals surface area contributed by atoms with E-state index in [0.29, 0.717) is 12.0 Å². The summed E-state index contributed by atoms with van der Waals surface area (Å²) in [4.78, 5) is 0. The lowest BCUT2D eigenvalue weighted by Crippen LogP contribution is -2.25. The molecule has 1 unspecified atom stereocenters. The summed E-state index contributed by atoms with van der Waals surface area (Å²) in [5, 5.41) is 7.77. The smallest absolute Gasteiger partial charge is 0.127 e. The highest BCUT2D eigenvalue weighted by Crippen LogP contribution is 2.22. The fourth-order valence-electron chi connectivity index (χ4n) is 2.39. The average molecular weight is 340 g/mol. The van der Waals surface area contributed by atoms with E-state index in [1.807, 2.05) is 43.8 Å². The van der Waals surface area contributed by atoms with Crippen molar-refractivity contribution in [2.24, 2.45) is 7.05 Å². The highest BCUT2D eigenvalue weighted by molar-refractivity contribution is 9.10. The van der Waals surface area contributed by atoms with Crippen molar-refractivity contribution in [3.05, 3.63) is 51.5 Å². The fourth-order valence-corrected chi connectivity index (χ4v) is 2.72. The molecule has 0 saturated carbocycles. The highest BCUT2D eigenvalue weighted by Gasteiger charge is 2.17. The molecule has 20 heavy (non-hydrogen) atoms. The number of benzene rings is 1. The van der Waals surface area contributed by atoms with Crippen LogP contribution in [0.2, 0.25) is 0 Å². The van der Waals surface area contributed by atoms with E-state index < -0.39 is 0 Å². The zero-order chi connectivity index (χ0) is 14.7. The van der Waals surface area contributed by atoms with Crippen molar-refractivity contribution in [3.63, 3.8) is 0 Å². The Morgan fingerprint density at radius 3 is 2.70 bits per heavy atom. The second-order valence-electron chi connectivity index (χ2n) is 4.88. The summed E-state index contributed by atoms with van der Waals surface area (Å²) in [7, 11) is 1.92. The fraction of sp³-hybridized carbons (Fsp3) is 0.400. The molecule has 108 valence electrons. The van der Waals surface area contributed by atoms with Crippen molar-refractivity contribution in [1.29, 1.82) is 0 Å². The Balaban J connectivity index is 2.27. The Bertz CT molecular complexity index is 595. The van der Waals surface area contributed by atoms with E-state index in [-0.39, 0.29) is 11.9 Å². The maximum Gasteiger partial charge on any atom is 0.127 e. The van der Waals surface area contributed by atoms with E-state index in [2.05, 4.69) is 26.3 Å². The molecule has 5 heteroatoms. The van der Waals surface area contributed by atoms with E-state index in [1.54, 1.807) is 0 Å². The molecule has 0 aliphatic heterocycles. The molecule has 0 spiro atoms. The Morgan fingerprint density at radius 2 is 2.15 bits per heavy atom. The van der Waals surface area contributed by atoms with Crippen LogP contribution < -0.4 is 5.32 Å². The van der Waals surface area contributed by atoms with Gasteiger partial charge in [-0.1, -0.05) is 28.9 Å². The molecule has 0 amide bonds. The molecule has 1 N–H and O–H groups in total. The van der Waals surface area contributed by atoms with Crippen LogP contribution in [0.5, 0.6) is 0 Å². The van der Waals surface area contributed by atoms with Crippen molar-refractivity contribution in [3.8, 4) is 0 Å². The summed E-state index contributed by atoms with van der Waals surface area (Å²) >= 11 is 3.28. The molecule has 0 fully saturated rings. The third-order valence-electron chi connectivity index (χ3n) is 3.28. The SMILES string of the molecule is CCNC(Cc1ccc(Br)cc1F)c1cc(C)nn1C. The zero-order valence-electron chi connectivity index (χ0n) is 12.0. The summed E-state index contributed by atoms with van der Waals surface area (Å²) < 4.78 is 16.6. The molecule has 1 aromatic carbocycles. The lowest BCUT2D eigenvalue weighted by Gasteiger charge is -2.18.